The van der Waals surface area contributed by atoms with Crippen LogP contribution in [0.1, 0.15) is 40.0 Å². The lowest BCUT2D eigenvalue weighted by Gasteiger charge is -2.41. The van der Waals surface area contributed by atoms with Gasteiger partial charge in [-0.2, -0.15) is 9.97 Å². The molecule has 3 heterocycles. The fourth-order valence-electron chi connectivity index (χ4n) is 4.04. The van der Waals surface area contributed by atoms with Crippen molar-refractivity contribution >= 4 is 11.9 Å². The average molecular weight is 362 g/mol. The number of hydrogen-bond donors (Lipinski definition) is 0. The summed E-state index contributed by atoms with van der Waals surface area (Å²) < 4.78 is 10.5. The second-order valence-corrected chi connectivity index (χ2v) is 8.60. The first-order valence-electron chi connectivity index (χ1n) is 9.28. The Balaban J connectivity index is 1.80. The third kappa shape index (κ3) is 3.71. The van der Waals surface area contributed by atoms with Crippen molar-refractivity contribution in [1.82, 2.24) is 14.9 Å². The van der Waals surface area contributed by atoms with E-state index in [1.54, 1.807) is 20.3 Å². The van der Waals surface area contributed by atoms with Gasteiger partial charge in [-0.05, 0) is 24.7 Å². The van der Waals surface area contributed by atoms with Crippen LogP contribution in [-0.4, -0.2) is 61.2 Å². The van der Waals surface area contributed by atoms with Gasteiger partial charge >= 0.3 is 0 Å². The number of nitrogens with zero attached hydrogens (tertiary/aromatic N) is 4. The lowest BCUT2D eigenvalue weighted by Crippen LogP contribution is -2.52. The van der Waals surface area contributed by atoms with E-state index < -0.39 is 0 Å². The van der Waals surface area contributed by atoms with Crippen molar-refractivity contribution in [3.8, 4) is 11.8 Å². The van der Waals surface area contributed by atoms with Gasteiger partial charge < -0.3 is 19.3 Å². The predicted octanol–water partition coefficient (Wildman–Crippen LogP) is 2.36. The highest BCUT2D eigenvalue weighted by atomic mass is 16.5. The lowest BCUT2D eigenvalue weighted by atomic mass is 9.77. The molecule has 0 aliphatic carbocycles. The summed E-state index contributed by atoms with van der Waals surface area (Å²) in [5.41, 5.74) is -0.209. The molecule has 1 unspecified atom stereocenters. The molecule has 1 aromatic heterocycles. The highest BCUT2D eigenvalue weighted by Crippen LogP contribution is 2.42. The largest absolute Gasteiger partial charge is 0.481 e. The Morgan fingerprint density at radius 2 is 1.77 bits per heavy atom. The number of carbonyl (C=O) groups excluding carboxylic acids is 1. The van der Waals surface area contributed by atoms with E-state index in [4.69, 9.17) is 9.47 Å². The van der Waals surface area contributed by atoms with Crippen LogP contribution in [0.25, 0.3) is 0 Å². The molecule has 0 radical (unpaired) electrons. The van der Waals surface area contributed by atoms with Gasteiger partial charge in [-0.1, -0.05) is 20.8 Å². The second kappa shape index (κ2) is 6.93. The van der Waals surface area contributed by atoms with E-state index in [2.05, 4.69) is 40.5 Å². The lowest BCUT2D eigenvalue weighted by molar-refractivity contribution is -0.146. The summed E-state index contributed by atoms with van der Waals surface area (Å²) in [5, 5.41) is 0. The van der Waals surface area contributed by atoms with E-state index >= 15 is 0 Å². The summed E-state index contributed by atoms with van der Waals surface area (Å²) in [7, 11) is 3.15. The molecule has 2 fully saturated rings. The standard InChI is InChI=1S/C19H30N4O3/c1-18(2,3)12-22-9-6-7-19(16(22)24)8-10-23(13-19)17-20-14(25-4)11-15(21-17)26-5/h11H,6-10,12-13H2,1-5H3. The van der Waals surface area contributed by atoms with Gasteiger partial charge in [0.2, 0.25) is 23.6 Å². The highest BCUT2D eigenvalue weighted by molar-refractivity contribution is 5.85. The fraction of sp³-hybridized carbons (Fsp3) is 0.737. The Hall–Kier alpha value is -2.05. The minimum Gasteiger partial charge on any atom is -0.481 e. The van der Waals surface area contributed by atoms with Gasteiger partial charge in [0.05, 0.1) is 25.7 Å². The smallest absolute Gasteiger partial charge is 0.232 e. The van der Waals surface area contributed by atoms with Crippen LogP contribution in [0.4, 0.5) is 5.95 Å². The van der Waals surface area contributed by atoms with Crippen molar-refractivity contribution in [3.63, 3.8) is 0 Å². The molecule has 1 amide bonds. The van der Waals surface area contributed by atoms with E-state index in [9.17, 15) is 4.79 Å². The zero-order valence-corrected chi connectivity index (χ0v) is 16.5. The van der Waals surface area contributed by atoms with Crippen LogP contribution in [0.3, 0.4) is 0 Å². The van der Waals surface area contributed by atoms with Crippen molar-refractivity contribution in [3.05, 3.63) is 6.07 Å². The Morgan fingerprint density at radius 1 is 1.12 bits per heavy atom. The maximum atomic E-state index is 13.3. The SMILES string of the molecule is COc1cc(OC)nc(N2CCC3(CCCN(CC(C)(C)C)C3=O)C2)n1. The van der Waals surface area contributed by atoms with Gasteiger partial charge in [0, 0.05) is 26.2 Å². The van der Waals surface area contributed by atoms with Gasteiger partial charge in [-0.25, -0.2) is 0 Å². The molecule has 7 nitrogen and oxygen atoms in total. The average Bonchev–Trinajstić information content (AvgIpc) is 3.02. The Morgan fingerprint density at radius 3 is 2.35 bits per heavy atom. The Labute approximate surface area is 155 Å². The quantitative estimate of drug-likeness (QED) is 0.819. The molecule has 3 rings (SSSR count). The summed E-state index contributed by atoms with van der Waals surface area (Å²) in [6.45, 7) is 9.63. The monoisotopic (exact) mass is 362 g/mol. The highest BCUT2D eigenvalue weighted by Gasteiger charge is 2.49. The van der Waals surface area contributed by atoms with E-state index in [0.717, 1.165) is 38.9 Å². The third-order valence-electron chi connectivity index (χ3n) is 5.21. The molecule has 2 saturated heterocycles. The van der Waals surface area contributed by atoms with Crippen LogP contribution >= 0.6 is 0 Å². The van der Waals surface area contributed by atoms with Crippen molar-refractivity contribution < 1.29 is 14.3 Å². The summed E-state index contributed by atoms with van der Waals surface area (Å²) in [6.07, 6.45) is 2.83. The molecule has 2 aliphatic rings. The van der Waals surface area contributed by atoms with Crippen LogP contribution in [0, 0.1) is 10.8 Å². The number of aromatic nitrogens is 2. The summed E-state index contributed by atoms with van der Waals surface area (Å²) in [6, 6.07) is 1.66. The van der Waals surface area contributed by atoms with Gasteiger partial charge in [0.15, 0.2) is 0 Å². The van der Waals surface area contributed by atoms with Crippen molar-refractivity contribution in [1.29, 1.82) is 0 Å². The number of amides is 1. The number of hydrogen-bond acceptors (Lipinski definition) is 6. The van der Waals surface area contributed by atoms with E-state index in [1.165, 1.54) is 0 Å². The number of ether oxygens (including phenoxy) is 2. The van der Waals surface area contributed by atoms with E-state index in [0.29, 0.717) is 24.3 Å². The maximum absolute atomic E-state index is 13.3. The van der Waals surface area contributed by atoms with Gasteiger partial charge in [0.1, 0.15) is 0 Å². The topological polar surface area (TPSA) is 67.8 Å². The predicted molar refractivity (Wildman–Crippen MR) is 99.7 cm³/mol. The number of rotatable bonds is 4. The van der Waals surface area contributed by atoms with Gasteiger partial charge in [-0.3, -0.25) is 4.79 Å². The summed E-state index contributed by atoms with van der Waals surface area (Å²) in [4.78, 5) is 26.3. The van der Waals surface area contributed by atoms with Crippen LogP contribution in [0.2, 0.25) is 0 Å². The van der Waals surface area contributed by atoms with Crippen molar-refractivity contribution in [2.45, 2.75) is 40.0 Å². The van der Waals surface area contributed by atoms with Crippen LogP contribution in [-0.2, 0) is 4.79 Å². The normalized spacial score (nSPS) is 23.7. The Bertz CT molecular complexity index is 651. The Kier molecular flexibility index (Phi) is 4.99. The van der Waals surface area contributed by atoms with Crippen molar-refractivity contribution in [2.24, 2.45) is 10.8 Å². The first-order valence-corrected chi connectivity index (χ1v) is 9.28. The molecule has 0 bridgehead atoms. The van der Waals surface area contributed by atoms with Crippen molar-refractivity contribution in [2.75, 3.05) is 45.3 Å². The molecule has 7 heteroatoms. The summed E-state index contributed by atoms with van der Waals surface area (Å²) in [5.74, 6) is 1.80. The van der Waals surface area contributed by atoms with Crippen LogP contribution < -0.4 is 14.4 Å². The molecular formula is C19H30N4O3. The first-order chi connectivity index (χ1) is 12.3. The molecule has 1 aromatic rings. The molecule has 0 saturated carbocycles. The zero-order valence-electron chi connectivity index (χ0n) is 16.5. The number of likely N-dealkylation sites (tertiary alicyclic amines) is 1. The van der Waals surface area contributed by atoms with Gasteiger partial charge in [0.25, 0.3) is 0 Å². The summed E-state index contributed by atoms with van der Waals surface area (Å²) >= 11 is 0. The minimum atomic E-state index is -0.316. The molecule has 1 spiro atoms. The zero-order chi connectivity index (χ0) is 18.9. The third-order valence-corrected chi connectivity index (χ3v) is 5.21. The molecule has 2 aliphatic heterocycles. The second-order valence-electron chi connectivity index (χ2n) is 8.60. The molecule has 0 N–H and O–H groups in total. The molecular weight excluding hydrogens is 332 g/mol. The number of anilines is 1. The number of carbonyl (C=O) groups is 1. The first kappa shape index (κ1) is 18.7. The van der Waals surface area contributed by atoms with E-state index in [-0.39, 0.29) is 16.7 Å². The molecule has 144 valence electrons. The van der Waals surface area contributed by atoms with Crippen LogP contribution in [0.5, 0.6) is 11.8 Å². The van der Waals surface area contributed by atoms with Gasteiger partial charge in [-0.15, -0.1) is 0 Å². The molecule has 1 atom stereocenters. The fourth-order valence-corrected chi connectivity index (χ4v) is 4.04. The van der Waals surface area contributed by atoms with E-state index in [1.807, 2.05) is 0 Å². The maximum Gasteiger partial charge on any atom is 0.232 e. The molecule has 26 heavy (non-hydrogen) atoms. The number of piperidine rings is 1. The number of methoxy groups -OCH3 is 2. The minimum absolute atomic E-state index is 0.107. The van der Waals surface area contributed by atoms with Crippen LogP contribution in [0.15, 0.2) is 6.07 Å². The molecule has 0 aromatic carbocycles.